The SMILES string of the molecule is O=C(CN1CCCC1)N[CH]c1ccccc1. The Morgan fingerprint density at radius 2 is 1.94 bits per heavy atom. The van der Waals surface area contributed by atoms with E-state index in [4.69, 9.17) is 0 Å². The highest BCUT2D eigenvalue weighted by molar-refractivity contribution is 5.79. The number of carbonyl (C=O) groups excluding carboxylic acids is 1. The molecule has 1 aliphatic rings. The van der Waals surface area contributed by atoms with Gasteiger partial charge in [-0.2, -0.15) is 0 Å². The Hall–Kier alpha value is -1.35. The van der Waals surface area contributed by atoms with Gasteiger partial charge in [0.2, 0.25) is 5.91 Å². The summed E-state index contributed by atoms with van der Waals surface area (Å²) >= 11 is 0. The van der Waals surface area contributed by atoms with E-state index in [9.17, 15) is 4.79 Å². The van der Waals surface area contributed by atoms with E-state index in [-0.39, 0.29) is 5.91 Å². The molecular weight excluding hydrogens is 200 g/mol. The molecule has 85 valence electrons. The number of hydrogen-bond donors (Lipinski definition) is 1. The summed E-state index contributed by atoms with van der Waals surface area (Å²) in [7, 11) is 0. The highest BCUT2D eigenvalue weighted by Crippen LogP contribution is 2.06. The number of rotatable bonds is 4. The molecule has 0 saturated carbocycles. The van der Waals surface area contributed by atoms with Crippen molar-refractivity contribution < 1.29 is 4.79 Å². The highest BCUT2D eigenvalue weighted by Gasteiger charge is 2.14. The van der Waals surface area contributed by atoms with Crippen molar-refractivity contribution in [1.82, 2.24) is 10.2 Å². The lowest BCUT2D eigenvalue weighted by molar-refractivity contribution is -0.121. The second kappa shape index (κ2) is 5.66. The number of nitrogens with zero attached hydrogens (tertiary/aromatic N) is 1. The molecule has 0 aromatic heterocycles. The zero-order chi connectivity index (χ0) is 11.2. The van der Waals surface area contributed by atoms with Crippen LogP contribution < -0.4 is 5.32 Å². The Balaban J connectivity index is 1.71. The molecular formula is C13H17N2O. The van der Waals surface area contributed by atoms with Crippen molar-refractivity contribution in [2.24, 2.45) is 0 Å². The molecule has 0 spiro atoms. The lowest BCUT2D eigenvalue weighted by Gasteiger charge is -2.13. The largest absolute Gasteiger partial charge is 0.346 e. The Morgan fingerprint density at radius 3 is 2.62 bits per heavy atom. The van der Waals surface area contributed by atoms with E-state index in [0.29, 0.717) is 6.54 Å². The van der Waals surface area contributed by atoms with Gasteiger partial charge in [-0.1, -0.05) is 30.3 Å². The Kier molecular flexibility index (Phi) is 3.94. The van der Waals surface area contributed by atoms with Gasteiger partial charge in [-0.25, -0.2) is 0 Å². The van der Waals surface area contributed by atoms with Crippen LogP contribution in [0.1, 0.15) is 18.4 Å². The van der Waals surface area contributed by atoms with E-state index in [2.05, 4.69) is 10.2 Å². The zero-order valence-electron chi connectivity index (χ0n) is 9.36. The van der Waals surface area contributed by atoms with Gasteiger partial charge in [-0.05, 0) is 31.5 Å². The van der Waals surface area contributed by atoms with E-state index >= 15 is 0 Å². The third-order valence-electron chi connectivity index (χ3n) is 2.77. The first-order valence-corrected chi connectivity index (χ1v) is 5.74. The minimum absolute atomic E-state index is 0.0748. The number of likely N-dealkylation sites (tertiary alicyclic amines) is 1. The van der Waals surface area contributed by atoms with Crippen molar-refractivity contribution >= 4 is 5.91 Å². The second-order valence-corrected chi connectivity index (χ2v) is 4.11. The molecule has 1 amide bonds. The van der Waals surface area contributed by atoms with Crippen molar-refractivity contribution in [3.63, 3.8) is 0 Å². The predicted octanol–water partition coefficient (Wildman–Crippen LogP) is 1.41. The summed E-state index contributed by atoms with van der Waals surface area (Å²) in [5, 5.41) is 2.82. The smallest absolute Gasteiger partial charge is 0.234 e. The number of hydrogen-bond acceptors (Lipinski definition) is 2. The van der Waals surface area contributed by atoms with Crippen molar-refractivity contribution in [2.75, 3.05) is 19.6 Å². The molecule has 0 aliphatic carbocycles. The van der Waals surface area contributed by atoms with Crippen LogP contribution in [-0.2, 0) is 4.79 Å². The molecule has 0 unspecified atom stereocenters. The Labute approximate surface area is 96.5 Å². The lowest BCUT2D eigenvalue weighted by atomic mass is 10.2. The van der Waals surface area contributed by atoms with Gasteiger partial charge in [-0.3, -0.25) is 9.69 Å². The summed E-state index contributed by atoms with van der Waals surface area (Å²) in [5.41, 5.74) is 1.03. The summed E-state index contributed by atoms with van der Waals surface area (Å²) in [5.74, 6) is 0.0748. The average Bonchev–Trinajstić information content (AvgIpc) is 2.81. The standard InChI is InChI=1S/C13H17N2O/c16-13(11-15-8-4-5-9-15)14-10-12-6-2-1-3-7-12/h1-3,6-7,10H,4-5,8-9,11H2,(H,14,16). The number of benzene rings is 1. The zero-order valence-corrected chi connectivity index (χ0v) is 9.36. The first kappa shape index (κ1) is 11.1. The van der Waals surface area contributed by atoms with Crippen LogP contribution in [-0.4, -0.2) is 30.4 Å². The van der Waals surface area contributed by atoms with Crippen molar-refractivity contribution in [1.29, 1.82) is 0 Å². The van der Waals surface area contributed by atoms with E-state index in [0.717, 1.165) is 18.7 Å². The van der Waals surface area contributed by atoms with Crippen LogP contribution in [0.5, 0.6) is 0 Å². The van der Waals surface area contributed by atoms with Crippen molar-refractivity contribution in [2.45, 2.75) is 12.8 Å². The van der Waals surface area contributed by atoms with Crippen LogP contribution in [0.15, 0.2) is 30.3 Å². The summed E-state index contributed by atoms with van der Waals surface area (Å²) in [4.78, 5) is 13.8. The maximum absolute atomic E-state index is 11.6. The highest BCUT2D eigenvalue weighted by atomic mass is 16.2. The van der Waals surface area contributed by atoms with Gasteiger partial charge in [0.15, 0.2) is 0 Å². The fraction of sp³-hybridized carbons (Fsp3) is 0.385. The van der Waals surface area contributed by atoms with E-state index in [1.807, 2.05) is 30.3 Å². The van der Waals surface area contributed by atoms with Gasteiger partial charge in [0.1, 0.15) is 0 Å². The fourth-order valence-corrected chi connectivity index (χ4v) is 1.90. The van der Waals surface area contributed by atoms with E-state index in [1.54, 1.807) is 6.54 Å². The number of nitrogens with one attached hydrogen (secondary N) is 1. The van der Waals surface area contributed by atoms with Gasteiger partial charge in [-0.15, -0.1) is 0 Å². The quantitative estimate of drug-likeness (QED) is 0.827. The van der Waals surface area contributed by atoms with Gasteiger partial charge in [0.05, 0.1) is 13.1 Å². The maximum Gasteiger partial charge on any atom is 0.234 e. The maximum atomic E-state index is 11.6. The van der Waals surface area contributed by atoms with E-state index < -0.39 is 0 Å². The third kappa shape index (κ3) is 3.35. The van der Waals surface area contributed by atoms with Crippen LogP contribution in [0.3, 0.4) is 0 Å². The molecule has 2 rings (SSSR count). The minimum atomic E-state index is 0.0748. The molecule has 0 bridgehead atoms. The molecule has 1 saturated heterocycles. The van der Waals surface area contributed by atoms with E-state index in [1.165, 1.54) is 12.8 Å². The molecule has 16 heavy (non-hydrogen) atoms. The molecule has 1 aliphatic heterocycles. The second-order valence-electron chi connectivity index (χ2n) is 4.11. The average molecular weight is 217 g/mol. The lowest BCUT2D eigenvalue weighted by Crippen LogP contribution is -2.34. The van der Waals surface area contributed by atoms with Crippen LogP contribution in [0.25, 0.3) is 0 Å². The summed E-state index contributed by atoms with van der Waals surface area (Å²) < 4.78 is 0. The number of carbonyl (C=O) groups is 1. The van der Waals surface area contributed by atoms with Crippen molar-refractivity contribution in [3.05, 3.63) is 42.4 Å². The third-order valence-corrected chi connectivity index (χ3v) is 2.77. The molecule has 3 nitrogen and oxygen atoms in total. The Bertz CT molecular complexity index is 331. The normalized spacial score (nSPS) is 16.2. The van der Waals surface area contributed by atoms with Crippen LogP contribution >= 0.6 is 0 Å². The molecule has 1 aromatic carbocycles. The van der Waals surface area contributed by atoms with Gasteiger partial charge < -0.3 is 5.32 Å². The monoisotopic (exact) mass is 217 g/mol. The molecule has 1 heterocycles. The summed E-state index contributed by atoms with van der Waals surface area (Å²) in [6.45, 7) is 4.39. The van der Waals surface area contributed by atoms with Crippen molar-refractivity contribution in [3.8, 4) is 0 Å². The molecule has 1 fully saturated rings. The Morgan fingerprint density at radius 1 is 1.25 bits per heavy atom. The van der Waals surface area contributed by atoms with Crippen LogP contribution in [0, 0.1) is 6.54 Å². The topological polar surface area (TPSA) is 32.3 Å². The minimum Gasteiger partial charge on any atom is -0.346 e. The van der Waals surface area contributed by atoms with Crippen LogP contribution in [0.2, 0.25) is 0 Å². The number of amides is 1. The van der Waals surface area contributed by atoms with Crippen LogP contribution in [0.4, 0.5) is 0 Å². The van der Waals surface area contributed by atoms with Gasteiger partial charge in [0.25, 0.3) is 0 Å². The summed E-state index contributed by atoms with van der Waals surface area (Å²) in [6.07, 6.45) is 2.44. The molecule has 0 atom stereocenters. The first-order chi connectivity index (χ1) is 7.84. The summed E-state index contributed by atoms with van der Waals surface area (Å²) in [6, 6.07) is 9.81. The molecule has 1 aromatic rings. The van der Waals surface area contributed by atoms with Gasteiger partial charge >= 0.3 is 0 Å². The van der Waals surface area contributed by atoms with Gasteiger partial charge in [0, 0.05) is 0 Å². The molecule has 3 heteroatoms. The molecule has 1 radical (unpaired) electrons. The first-order valence-electron chi connectivity index (χ1n) is 5.74. The predicted molar refractivity (Wildman–Crippen MR) is 63.7 cm³/mol. The fourth-order valence-electron chi connectivity index (χ4n) is 1.90. The molecule has 1 N–H and O–H groups in total.